The minimum Gasteiger partial charge on any atom is -0.454 e. The van der Waals surface area contributed by atoms with Gasteiger partial charge in [0.15, 0.2) is 21.7 Å². The van der Waals surface area contributed by atoms with Crippen LogP contribution in [-0.4, -0.2) is 32.0 Å². The van der Waals surface area contributed by atoms with Crippen molar-refractivity contribution in [3.05, 3.63) is 65.7 Å². The van der Waals surface area contributed by atoms with Gasteiger partial charge in [0.2, 0.25) is 0 Å². The summed E-state index contributed by atoms with van der Waals surface area (Å²) in [6.07, 6.45) is -0.983. The monoisotopic (exact) mass is 360 g/mol. The lowest BCUT2D eigenvalue weighted by molar-refractivity contribution is -0.152. The second-order valence-electron chi connectivity index (χ2n) is 5.83. The maximum atomic E-state index is 12.5. The number of ether oxygens (including phenoxy) is 1. The average Bonchev–Trinajstić information content (AvgIpc) is 2.55. The van der Waals surface area contributed by atoms with E-state index in [0.29, 0.717) is 0 Å². The molecule has 0 spiro atoms. The largest absolute Gasteiger partial charge is 0.454 e. The van der Waals surface area contributed by atoms with Crippen LogP contribution in [0, 0.1) is 6.92 Å². The van der Waals surface area contributed by atoms with E-state index in [9.17, 15) is 18.0 Å². The molecule has 0 amide bonds. The van der Waals surface area contributed by atoms with Crippen molar-refractivity contribution in [3.63, 3.8) is 0 Å². The SMILES string of the molecule is CC(=O)OC(Cc1ccccc1)C(=O)CS(=O)(=O)c1ccc(C)cc1. The standard InChI is InChI=1S/C19H20O5S/c1-14-8-10-17(11-9-14)25(22,23)13-18(21)19(24-15(2)20)12-16-6-4-3-5-7-16/h3-11,19H,12-13H2,1-2H3. The fourth-order valence-electron chi connectivity index (χ4n) is 2.36. The predicted octanol–water partition coefficient (Wildman–Crippen LogP) is 2.51. The molecule has 0 bridgehead atoms. The van der Waals surface area contributed by atoms with Crippen molar-refractivity contribution in [2.45, 2.75) is 31.3 Å². The molecule has 0 saturated carbocycles. The number of hydrogen-bond acceptors (Lipinski definition) is 5. The summed E-state index contributed by atoms with van der Waals surface area (Å²) in [6.45, 7) is 3.04. The van der Waals surface area contributed by atoms with Crippen LogP contribution in [0.5, 0.6) is 0 Å². The fraction of sp³-hybridized carbons (Fsp3) is 0.263. The maximum absolute atomic E-state index is 12.5. The first-order valence-electron chi connectivity index (χ1n) is 7.81. The van der Waals surface area contributed by atoms with Crippen LogP contribution in [-0.2, 0) is 30.6 Å². The van der Waals surface area contributed by atoms with Gasteiger partial charge >= 0.3 is 5.97 Å². The van der Waals surface area contributed by atoms with Gasteiger partial charge in [-0.3, -0.25) is 9.59 Å². The van der Waals surface area contributed by atoms with Gasteiger partial charge in [-0.15, -0.1) is 0 Å². The highest BCUT2D eigenvalue weighted by Gasteiger charge is 2.28. The second kappa shape index (κ2) is 8.07. The van der Waals surface area contributed by atoms with E-state index in [1.165, 1.54) is 19.1 Å². The van der Waals surface area contributed by atoms with Crippen LogP contribution >= 0.6 is 0 Å². The average molecular weight is 360 g/mol. The summed E-state index contributed by atoms with van der Waals surface area (Å²) in [4.78, 5) is 23.9. The third-order valence-electron chi connectivity index (χ3n) is 3.64. The van der Waals surface area contributed by atoms with E-state index in [0.717, 1.165) is 11.1 Å². The quantitative estimate of drug-likeness (QED) is 0.709. The van der Waals surface area contributed by atoms with Gasteiger partial charge in [-0.25, -0.2) is 8.42 Å². The number of ketones is 1. The number of sulfone groups is 1. The molecular weight excluding hydrogens is 340 g/mol. The van der Waals surface area contributed by atoms with E-state index < -0.39 is 33.4 Å². The molecule has 0 aliphatic heterocycles. The summed E-state index contributed by atoms with van der Waals surface area (Å²) in [7, 11) is -3.79. The van der Waals surface area contributed by atoms with Gasteiger partial charge in [0, 0.05) is 13.3 Å². The Morgan fingerprint density at radius 1 is 1.00 bits per heavy atom. The minimum absolute atomic E-state index is 0.0766. The summed E-state index contributed by atoms with van der Waals surface area (Å²) >= 11 is 0. The lowest BCUT2D eigenvalue weighted by Gasteiger charge is -2.16. The van der Waals surface area contributed by atoms with Crippen LogP contribution in [0.25, 0.3) is 0 Å². The number of esters is 1. The normalized spacial score (nSPS) is 12.4. The number of aryl methyl sites for hydroxylation is 1. The van der Waals surface area contributed by atoms with E-state index in [1.54, 1.807) is 36.4 Å². The lowest BCUT2D eigenvalue weighted by atomic mass is 10.1. The third kappa shape index (κ3) is 5.53. The molecule has 0 aliphatic carbocycles. The molecule has 0 aromatic heterocycles. The smallest absolute Gasteiger partial charge is 0.303 e. The summed E-state index contributed by atoms with van der Waals surface area (Å²) in [5.74, 6) is -1.97. The van der Waals surface area contributed by atoms with Crippen molar-refractivity contribution in [2.75, 3.05) is 5.75 Å². The molecule has 2 aromatic rings. The van der Waals surface area contributed by atoms with E-state index in [4.69, 9.17) is 4.74 Å². The first kappa shape index (κ1) is 18.9. The number of carbonyl (C=O) groups is 2. The van der Waals surface area contributed by atoms with Crippen LogP contribution < -0.4 is 0 Å². The molecule has 5 nitrogen and oxygen atoms in total. The van der Waals surface area contributed by atoms with Crippen molar-refractivity contribution in [2.24, 2.45) is 0 Å². The molecule has 2 aromatic carbocycles. The van der Waals surface area contributed by atoms with Crippen LogP contribution in [0.3, 0.4) is 0 Å². The van der Waals surface area contributed by atoms with Gasteiger partial charge in [0.25, 0.3) is 0 Å². The molecule has 0 saturated heterocycles. The molecule has 6 heteroatoms. The number of hydrogen-bond donors (Lipinski definition) is 0. The summed E-state index contributed by atoms with van der Waals surface area (Å²) in [6, 6.07) is 15.3. The number of rotatable bonds is 7. The molecule has 0 N–H and O–H groups in total. The van der Waals surface area contributed by atoms with Gasteiger partial charge in [0.1, 0.15) is 5.75 Å². The van der Waals surface area contributed by atoms with Crippen molar-refractivity contribution in [1.29, 1.82) is 0 Å². The molecule has 132 valence electrons. The summed E-state index contributed by atoms with van der Waals surface area (Å²) in [5.41, 5.74) is 1.71. The molecule has 0 fully saturated rings. The zero-order chi connectivity index (χ0) is 18.4. The van der Waals surface area contributed by atoms with E-state index >= 15 is 0 Å². The number of Topliss-reactive ketones (excluding diaryl/α,β-unsaturated/α-hetero) is 1. The van der Waals surface area contributed by atoms with Crippen molar-refractivity contribution < 1.29 is 22.7 Å². The van der Waals surface area contributed by atoms with E-state index in [2.05, 4.69) is 0 Å². The molecule has 25 heavy (non-hydrogen) atoms. The highest BCUT2D eigenvalue weighted by molar-refractivity contribution is 7.92. The second-order valence-corrected chi connectivity index (χ2v) is 7.82. The topological polar surface area (TPSA) is 77.5 Å². The van der Waals surface area contributed by atoms with E-state index in [1.807, 2.05) is 13.0 Å². The Morgan fingerprint density at radius 3 is 2.16 bits per heavy atom. The number of carbonyl (C=O) groups excluding carboxylic acids is 2. The molecule has 1 atom stereocenters. The van der Waals surface area contributed by atoms with Crippen LogP contribution in [0.4, 0.5) is 0 Å². The fourth-order valence-corrected chi connectivity index (χ4v) is 3.64. The Labute approximate surface area is 147 Å². The first-order chi connectivity index (χ1) is 11.8. The summed E-state index contributed by atoms with van der Waals surface area (Å²) in [5, 5.41) is 0. The van der Waals surface area contributed by atoms with Crippen LogP contribution in [0.2, 0.25) is 0 Å². The maximum Gasteiger partial charge on any atom is 0.303 e. The predicted molar refractivity (Wildman–Crippen MR) is 93.9 cm³/mol. The zero-order valence-corrected chi connectivity index (χ0v) is 15.0. The number of benzene rings is 2. The molecule has 2 rings (SSSR count). The Morgan fingerprint density at radius 2 is 1.60 bits per heavy atom. The Kier molecular flexibility index (Phi) is 6.09. The van der Waals surface area contributed by atoms with Crippen LogP contribution in [0.15, 0.2) is 59.5 Å². The molecule has 0 radical (unpaired) electrons. The molecule has 1 unspecified atom stereocenters. The Hall–Kier alpha value is -2.47. The Balaban J connectivity index is 2.18. The van der Waals surface area contributed by atoms with Crippen molar-refractivity contribution >= 4 is 21.6 Å². The first-order valence-corrected chi connectivity index (χ1v) is 9.46. The summed E-state index contributed by atoms with van der Waals surface area (Å²) < 4.78 is 29.9. The van der Waals surface area contributed by atoms with Crippen molar-refractivity contribution in [1.82, 2.24) is 0 Å². The Bertz CT molecular complexity index is 839. The van der Waals surface area contributed by atoms with Gasteiger partial charge < -0.3 is 4.74 Å². The van der Waals surface area contributed by atoms with Crippen LogP contribution in [0.1, 0.15) is 18.1 Å². The van der Waals surface area contributed by atoms with E-state index in [-0.39, 0.29) is 11.3 Å². The lowest BCUT2D eigenvalue weighted by Crippen LogP contribution is -2.33. The highest BCUT2D eigenvalue weighted by Crippen LogP contribution is 2.15. The zero-order valence-electron chi connectivity index (χ0n) is 14.1. The molecule has 0 aliphatic rings. The van der Waals surface area contributed by atoms with Gasteiger partial charge in [-0.05, 0) is 24.6 Å². The van der Waals surface area contributed by atoms with Gasteiger partial charge in [-0.1, -0.05) is 48.0 Å². The van der Waals surface area contributed by atoms with Gasteiger partial charge in [0.05, 0.1) is 4.90 Å². The third-order valence-corrected chi connectivity index (χ3v) is 5.30. The van der Waals surface area contributed by atoms with Crippen molar-refractivity contribution in [3.8, 4) is 0 Å². The molecular formula is C19H20O5S. The van der Waals surface area contributed by atoms with Gasteiger partial charge in [-0.2, -0.15) is 0 Å². The molecule has 0 heterocycles. The highest BCUT2D eigenvalue weighted by atomic mass is 32.2. The minimum atomic E-state index is -3.79.